The first-order valence-electron chi connectivity index (χ1n) is 7.29. The third kappa shape index (κ3) is 4.29. The fourth-order valence-electron chi connectivity index (χ4n) is 2.38. The zero-order valence-electron chi connectivity index (χ0n) is 12.1. The van der Waals surface area contributed by atoms with E-state index in [0.29, 0.717) is 12.1 Å². The maximum Gasteiger partial charge on any atom is 0.0954 e. The minimum absolute atomic E-state index is 0.538. The van der Waals surface area contributed by atoms with Crippen molar-refractivity contribution in [1.29, 1.82) is 0 Å². The first-order valence-corrected chi connectivity index (χ1v) is 8.11. The molecule has 0 spiro atoms. The highest BCUT2D eigenvalue weighted by Crippen LogP contribution is 2.23. The summed E-state index contributed by atoms with van der Waals surface area (Å²) in [5, 5.41) is 4.93. The molecule has 0 saturated carbocycles. The molecular weight excluding hydrogens is 252 g/mol. The van der Waals surface area contributed by atoms with Crippen molar-refractivity contribution in [2.75, 3.05) is 0 Å². The summed E-state index contributed by atoms with van der Waals surface area (Å²) in [4.78, 5) is 4.75. The van der Waals surface area contributed by atoms with Crippen LogP contribution in [0.4, 0.5) is 0 Å². The summed E-state index contributed by atoms with van der Waals surface area (Å²) in [5.74, 6) is 0. The molecule has 0 radical (unpaired) electrons. The van der Waals surface area contributed by atoms with Crippen molar-refractivity contribution in [2.24, 2.45) is 0 Å². The van der Waals surface area contributed by atoms with Crippen LogP contribution in [0.5, 0.6) is 0 Å². The monoisotopic (exact) mass is 276 g/mol. The normalized spacial score (nSPS) is 13.3. The summed E-state index contributed by atoms with van der Waals surface area (Å²) in [6.45, 7) is 6.69. The second kappa shape index (κ2) is 7.01. The Bertz CT molecular complexity index is 471. The van der Waals surface area contributed by atoms with Crippen LogP contribution in [0.3, 0.4) is 0 Å². The van der Waals surface area contributed by atoms with Gasteiger partial charge in [-0.1, -0.05) is 45.7 Å². The van der Waals surface area contributed by atoms with Gasteiger partial charge in [-0.05, 0) is 18.6 Å². The van der Waals surface area contributed by atoms with Crippen molar-refractivity contribution in [1.82, 2.24) is 10.3 Å². The first kappa shape index (κ1) is 14.5. The maximum atomic E-state index is 4.75. The standard InChI is InChI=1S/C16H24N2S/c1-4-5-8-13(17-12(2)3)11-16-18-14-9-6-7-10-15(14)19-16/h6-7,9-10,12-13,17H,4-5,8,11H2,1-3H3. The van der Waals surface area contributed by atoms with E-state index >= 15 is 0 Å². The van der Waals surface area contributed by atoms with Crippen molar-refractivity contribution < 1.29 is 0 Å². The summed E-state index contributed by atoms with van der Waals surface area (Å²) in [7, 11) is 0. The van der Waals surface area contributed by atoms with Crippen LogP contribution in [0.25, 0.3) is 10.2 Å². The molecule has 1 aromatic heterocycles. The van der Waals surface area contributed by atoms with Crippen LogP contribution < -0.4 is 5.32 Å². The number of thiazole rings is 1. The molecule has 1 N–H and O–H groups in total. The minimum Gasteiger partial charge on any atom is -0.311 e. The Morgan fingerprint density at radius 2 is 2.05 bits per heavy atom. The number of unbranched alkanes of at least 4 members (excludes halogenated alkanes) is 1. The van der Waals surface area contributed by atoms with Crippen LogP contribution >= 0.6 is 11.3 Å². The molecule has 0 aliphatic rings. The highest BCUT2D eigenvalue weighted by atomic mass is 32.1. The molecule has 0 amide bonds. The van der Waals surface area contributed by atoms with Gasteiger partial charge >= 0.3 is 0 Å². The van der Waals surface area contributed by atoms with Gasteiger partial charge in [0.1, 0.15) is 0 Å². The Hall–Kier alpha value is -0.930. The predicted octanol–water partition coefficient (Wildman–Crippen LogP) is 4.40. The molecule has 104 valence electrons. The van der Waals surface area contributed by atoms with Crippen molar-refractivity contribution in [3.63, 3.8) is 0 Å². The smallest absolute Gasteiger partial charge is 0.0954 e. The third-order valence-corrected chi connectivity index (χ3v) is 4.29. The molecule has 0 aliphatic carbocycles. The summed E-state index contributed by atoms with van der Waals surface area (Å²) in [6.07, 6.45) is 4.84. The van der Waals surface area contributed by atoms with Gasteiger partial charge in [0, 0.05) is 18.5 Å². The fraction of sp³-hybridized carbons (Fsp3) is 0.562. The van der Waals surface area contributed by atoms with Gasteiger partial charge in [0.15, 0.2) is 0 Å². The Kier molecular flexibility index (Phi) is 5.34. The first-order chi connectivity index (χ1) is 9.19. The Balaban J connectivity index is 2.06. The van der Waals surface area contributed by atoms with E-state index in [1.54, 1.807) is 0 Å². The number of nitrogens with one attached hydrogen (secondary N) is 1. The lowest BCUT2D eigenvalue weighted by atomic mass is 10.1. The molecule has 2 nitrogen and oxygen atoms in total. The van der Waals surface area contributed by atoms with E-state index < -0.39 is 0 Å². The highest BCUT2D eigenvalue weighted by molar-refractivity contribution is 7.18. The number of nitrogens with zero attached hydrogens (tertiary/aromatic N) is 1. The molecule has 1 aromatic carbocycles. The lowest BCUT2D eigenvalue weighted by molar-refractivity contribution is 0.424. The van der Waals surface area contributed by atoms with Gasteiger partial charge in [0.05, 0.1) is 15.2 Å². The van der Waals surface area contributed by atoms with Gasteiger partial charge < -0.3 is 5.32 Å². The molecule has 0 bridgehead atoms. The third-order valence-electron chi connectivity index (χ3n) is 3.23. The quantitative estimate of drug-likeness (QED) is 0.811. The average Bonchev–Trinajstić information content (AvgIpc) is 2.77. The van der Waals surface area contributed by atoms with E-state index in [0.717, 1.165) is 11.9 Å². The topological polar surface area (TPSA) is 24.9 Å². The van der Waals surface area contributed by atoms with Gasteiger partial charge in [0.25, 0.3) is 0 Å². The molecule has 2 aromatic rings. The number of aromatic nitrogens is 1. The molecule has 0 saturated heterocycles. The lowest BCUT2D eigenvalue weighted by Gasteiger charge is -2.20. The molecule has 19 heavy (non-hydrogen) atoms. The molecule has 0 fully saturated rings. The number of benzene rings is 1. The van der Waals surface area contributed by atoms with Gasteiger partial charge in [-0.25, -0.2) is 4.98 Å². The molecule has 1 unspecified atom stereocenters. The summed E-state index contributed by atoms with van der Waals surface area (Å²) < 4.78 is 1.30. The van der Waals surface area contributed by atoms with Crippen molar-refractivity contribution >= 4 is 21.6 Å². The Morgan fingerprint density at radius 3 is 2.74 bits per heavy atom. The van der Waals surface area contributed by atoms with Crippen LogP contribution in [0, 0.1) is 0 Å². The van der Waals surface area contributed by atoms with Crippen LogP contribution in [0.1, 0.15) is 45.0 Å². The SMILES string of the molecule is CCCCC(Cc1nc2ccccc2s1)NC(C)C. The number of fused-ring (bicyclic) bond motifs is 1. The van der Waals surface area contributed by atoms with E-state index in [9.17, 15) is 0 Å². The molecule has 3 heteroatoms. The molecule has 2 rings (SSSR count). The average molecular weight is 276 g/mol. The van der Waals surface area contributed by atoms with Gasteiger partial charge in [-0.15, -0.1) is 11.3 Å². The molecular formula is C16H24N2S. The van der Waals surface area contributed by atoms with Crippen molar-refractivity contribution in [3.8, 4) is 0 Å². The van der Waals surface area contributed by atoms with Crippen LogP contribution in [0.2, 0.25) is 0 Å². The summed E-state index contributed by atoms with van der Waals surface area (Å²) in [6, 6.07) is 9.51. The van der Waals surface area contributed by atoms with E-state index in [2.05, 4.69) is 50.4 Å². The van der Waals surface area contributed by atoms with E-state index in [4.69, 9.17) is 4.98 Å². The number of hydrogen-bond acceptors (Lipinski definition) is 3. The lowest BCUT2D eigenvalue weighted by Crippen LogP contribution is -2.36. The van der Waals surface area contributed by atoms with Crippen LogP contribution in [-0.4, -0.2) is 17.1 Å². The second-order valence-corrected chi connectivity index (χ2v) is 6.56. The second-order valence-electron chi connectivity index (χ2n) is 5.44. The van der Waals surface area contributed by atoms with Gasteiger partial charge in [-0.3, -0.25) is 0 Å². The van der Waals surface area contributed by atoms with Crippen LogP contribution in [-0.2, 0) is 6.42 Å². The van der Waals surface area contributed by atoms with E-state index in [1.807, 2.05) is 11.3 Å². The number of rotatable bonds is 7. The zero-order chi connectivity index (χ0) is 13.7. The number of hydrogen-bond donors (Lipinski definition) is 1. The van der Waals surface area contributed by atoms with Gasteiger partial charge in [-0.2, -0.15) is 0 Å². The van der Waals surface area contributed by atoms with E-state index in [1.165, 1.54) is 29.0 Å². The Labute approximate surface area is 120 Å². The molecule has 1 heterocycles. The van der Waals surface area contributed by atoms with Crippen molar-refractivity contribution in [3.05, 3.63) is 29.3 Å². The maximum absolute atomic E-state index is 4.75. The predicted molar refractivity (Wildman–Crippen MR) is 84.9 cm³/mol. The fourth-order valence-corrected chi connectivity index (χ4v) is 3.43. The summed E-state index contributed by atoms with van der Waals surface area (Å²) in [5.41, 5.74) is 1.14. The highest BCUT2D eigenvalue weighted by Gasteiger charge is 2.13. The largest absolute Gasteiger partial charge is 0.311 e. The van der Waals surface area contributed by atoms with Gasteiger partial charge in [0.2, 0.25) is 0 Å². The van der Waals surface area contributed by atoms with Crippen molar-refractivity contribution in [2.45, 2.75) is 58.5 Å². The molecule has 1 atom stereocenters. The van der Waals surface area contributed by atoms with Crippen LogP contribution in [0.15, 0.2) is 24.3 Å². The van der Waals surface area contributed by atoms with E-state index in [-0.39, 0.29) is 0 Å². The minimum atomic E-state index is 0.538. The number of para-hydroxylation sites is 1. The molecule has 0 aliphatic heterocycles. The zero-order valence-corrected chi connectivity index (χ0v) is 13.0. The Morgan fingerprint density at radius 1 is 1.26 bits per heavy atom. The summed E-state index contributed by atoms with van der Waals surface area (Å²) >= 11 is 1.84.